The first-order chi connectivity index (χ1) is 11.3. The minimum absolute atomic E-state index is 0.176. The molecule has 1 aromatic rings. The summed E-state index contributed by atoms with van der Waals surface area (Å²) in [4.78, 5) is 27.8. The zero-order valence-corrected chi connectivity index (χ0v) is 15.0. The Balaban J connectivity index is 1.70. The van der Waals surface area contributed by atoms with Crippen LogP contribution < -0.4 is 0 Å². The number of rotatable bonds is 4. The lowest BCUT2D eigenvalue weighted by molar-refractivity contribution is -0.133. The Labute approximate surface area is 144 Å². The summed E-state index contributed by atoms with van der Waals surface area (Å²) in [5, 5.41) is 0. The summed E-state index contributed by atoms with van der Waals surface area (Å²) in [5.41, 5.74) is 0.779. The lowest BCUT2D eigenvalue weighted by Gasteiger charge is -2.35. The van der Waals surface area contributed by atoms with Crippen molar-refractivity contribution in [2.45, 2.75) is 45.6 Å². The van der Waals surface area contributed by atoms with Gasteiger partial charge in [-0.05, 0) is 39.2 Å². The smallest absolute Gasteiger partial charge is 0.410 e. The molecule has 0 atom stereocenters. The van der Waals surface area contributed by atoms with E-state index in [2.05, 4.69) is 12.1 Å². The number of hydrogen-bond acceptors (Lipinski definition) is 3. The number of carbonyl (C=O) groups excluding carboxylic acids is 2. The third kappa shape index (κ3) is 5.87. The first-order valence-corrected chi connectivity index (χ1v) is 8.65. The molecule has 0 N–H and O–H groups in total. The van der Waals surface area contributed by atoms with Crippen molar-refractivity contribution in [2.24, 2.45) is 0 Å². The fourth-order valence-corrected chi connectivity index (χ4v) is 2.71. The van der Waals surface area contributed by atoms with E-state index in [0.29, 0.717) is 32.6 Å². The zero-order chi connectivity index (χ0) is 17.6. The highest BCUT2D eigenvalue weighted by Crippen LogP contribution is 2.13. The molecule has 1 aliphatic heterocycles. The van der Waals surface area contributed by atoms with Gasteiger partial charge in [0.25, 0.3) is 0 Å². The second kappa shape index (κ2) is 8.18. The number of hydrogen-bond donors (Lipinski definition) is 0. The van der Waals surface area contributed by atoms with Gasteiger partial charge in [0.05, 0.1) is 0 Å². The van der Waals surface area contributed by atoms with Crippen molar-refractivity contribution in [3.05, 3.63) is 35.9 Å². The molecule has 5 nitrogen and oxygen atoms in total. The highest BCUT2D eigenvalue weighted by Gasteiger charge is 2.27. The fourth-order valence-electron chi connectivity index (χ4n) is 2.71. The van der Waals surface area contributed by atoms with Crippen molar-refractivity contribution in [3.8, 4) is 0 Å². The van der Waals surface area contributed by atoms with Gasteiger partial charge in [0, 0.05) is 32.6 Å². The van der Waals surface area contributed by atoms with Crippen LogP contribution >= 0.6 is 0 Å². The van der Waals surface area contributed by atoms with Gasteiger partial charge in [0.2, 0.25) is 5.91 Å². The van der Waals surface area contributed by atoms with Crippen LogP contribution in [0.1, 0.15) is 39.2 Å². The van der Waals surface area contributed by atoms with Gasteiger partial charge in [-0.1, -0.05) is 30.3 Å². The summed E-state index contributed by atoms with van der Waals surface area (Å²) in [6, 6.07) is 10.2. The predicted molar refractivity (Wildman–Crippen MR) is 93.8 cm³/mol. The second-order valence-electron chi connectivity index (χ2n) is 7.19. The van der Waals surface area contributed by atoms with Crippen LogP contribution in [0, 0.1) is 0 Å². The number of carbonyl (C=O) groups is 2. The second-order valence-corrected chi connectivity index (χ2v) is 7.19. The molecule has 0 unspecified atom stereocenters. The summed E-state index contributed by atoms with van der Waals surface area (Å²) in [5.74, 6) is 0.176. The molecule has 0 aliphatic carbocycles. The molecule has 5 heteroatoms. The molecule has 2 amide bonds. The van der Waals surface area contributed by atoms with E-state index in [1.807, 2.05) is 43.9 Å². The van der Waals surface area contributed by atoms with Crippen LogP contribution in [0.25, 0.3) is 0 Å². The maximum Gasteiger partial charge on any atom is 0.410 e. The van der Waals surface area contributed by atoms with Crippen LogP contribution in [0.3, 0.4) is 0 Å². The van der Waals surface area contributed by atoms with Gasteiger partial charge in [-0.15, -0.1) is 0 Å². The van der Waals surface area contributed by atoms with Crippen LogP contribution in [0.4, 0.5) is 4.79 Å². The number of benzene rings is 1. The van der Waals surface area contributed by atoms with E-state index in [0.717, 1.165) is 12.8 Å². The Kier molecular flexibility index (Phi) is 6.23. The fraction of sp³-hybridized carbons (Fsp3) is 0.579. The summed E-state index contributed by atoms with van der Waals surface area (Å²) >= 11 is 0. The monoisotopic (exact) mass is 332 g/mol. The molecule has 0 radical (unpaired) electrons. The average Bonchev–Trinajstić information content (AvgIpc) is 2.54. The molecule has 0 aromatic heterocycles. The van der Waals surface area contributed by atoms with Gasteiger partial charge in [-0.25, -0.2) is 4.79 Å². The molecular formula is C19H28N2O3. The minimum atomic E-state index is -0.485. The van der Waals surface area contributed by atoms with E-state index in [-0.39, 0.29) is 12.0 Å². The molecule has 1 fully saturated rings. The summed E-state index contributed by atoms with van der Waals surface area (Å²) in [6.45, 7) is 7.83. The third-order valence-electron chi connectivity index (χ3n) is 3.98. The Hall–Kier alpha value is -2.04. The maximum atomic E-state index is 12.3. The molecule has 132 valence electrons. The minimum Gasteiger partial charge on any atom is -0.444 e. The molecule has 2 rings (SSSR count). The van der Waals surface area contributed by atoms with Gasteiger partial charge in [0.15, 0.2) is 0 Å². The molecule has 0 saturated carbocycles. The van der Waals surface area contributed by atoms with Crippen molar-refractivity contribution in [1.29, 1.82) is 0 Å². The molecule has 1 aliphatic rings. The quantitative estimate of drug-likeness (QED) is 0.851. The van der Waals surface area contributed by atoms with Gasteiger partial charge in [-0.3, -0.25) is 4.79 Å². The lowest BCUT2D eigenvalue weighted by atomic mass is 10.1. The van der Waals surface area contributed by atoms with Gasteiger partial charge in [-0.2, -0.15) is 0 Å². The zero-order valence-electron chi connectivity index (χ0n) is 15.0. The first kappa shape index (κ1) is 18.3. The highest BCUT2D eigenvalue weighted by molar-refractivity contribution is 5.76. The molecule has 1 heterocycles. The molecule has 1 saturated heterocycles. The van der Waals surface area contributed by atoms with Crippen molar-refractivity contribution in [2.75, 3.05) is 26.2 Å². The van der Waals surface area contributed by atoms with Crippen molar-refractivity contribution >= 4 is 12.0 Å². The van der Waals surface area contributed by atoms with Crippen LogP contribution in [-0.2, 0) is 16.0 Å². The molecule has 24 heavy (non-hydrogen) atoms. The van der Waals surface area contributed by atoms with E-state index in [1.165, 1.54) is 5.56 Å². The van der Waals surface area contributed by atoms with Crippen LogP contribution in [0.2, 0.25) is 0 Å². The van der Waals surface area contributed by atoms with Crippen LogP contribution in [0.15, 0.2) is 30.3 Å². The topological polar surface area (TPSA) is 49.9 Å². The number of piperazine rings is 1. The van der Waals surface area contributed by atoms with Crippen molar-refractivity contribution in [3.63, 3.8) is 0 Å². The highest BCUT2D eigenvalue weighted by atomic mass is 16.6. The SMILES string of the molecule is CC(C)(C)OC(=O)N1CCN(C(=O)CCCc2ccccc2)CC1. The number of amides is 2. The molecule has 1 aromatic carbocycles. The molecule has 0 spiro atoms. The van der Waals surface area contributed by atoms with Gasteiger partial charge in [0.1, 0.15) is 5.60 Å². The largest absolute Gasteiger partial charge is 0.444 e. The van der Waals surface area contributed by atoms with Crippen LogP contribution in [0.5, 0.6) is 0 Å². The number of ether oxygens (including phenoxy) is 1. The third-order valence-corrected chi connectivity index (χ3v) is 3.98. The van der Waals surface area contributed by atoms with Crippen molar-refractivity contribution in [1.82, 2.24) is 9.80 Å². The standard InChI is InChI=1S/C19H28N2O3/c1-19(2,3)24-18(23)21-14-12-20(13-15-21)17(22)11-7-10-16-8-5-4-6-9-16/h4-6,8-9H,7,10-15H2,1-3H3. The summed E-state index contributed by atoms with van der Waals surface area (Å²) < 4.78 is 5.37. The Morgan fingerprint density at radius 3 is 2.17 bits per heavy atom. The molecule has 0 bridgehead atoms. The summed E-state index contributed by atoms with van der Waals surface area (Å²) in [7, 11) is 0. The number of nitrogens with zero attached hydrogens (tertiary/aromatic N) is 2. The lowest BCUT2D eigenvalue weighted by Crippen LogP contribution is -2.51. The van der Waals surface area contributed by atoms with E-state index in [1.54, 1.807) is 4.90 Å². The van der Waals surface area contributed by atoms with Crippen molar-refractivity contribution < 1.29 is 14.3 Å². The summed E-state index contributed by atoms with van der Waals surface area (Å²) in [6.07, 6.45) is 2.04. The average molecular weight is 332 g/mol. The van der Waals surface area contributed by atoms with Crippen LogP contribution in [-0.4, -0.2) is 53.6 Å². The van der Waals surface area contributed by atoms with E-state index >= 15 is 0 Å². The number of aryl methyl sites for hydroxylation is 1. The normalized spacial score (nSPS) is 15.3. The first-order valence-electron chi connectivity index (χ1n) is 8.65. The Morgan fingerprint density at radius 2 is 1.58 bits per heavy atom. The van der Waals surface area contributed by atoms with Gasteiger partial charge < -0.3 is 14.5 Å². The Bertz CT molecular complexity index is 543. The van der Waals surface area contributed by atoms with E-state index < -0.39 is 5.60 Å². The van der Waals surface area contributed by atoms with Gasteiger partial charge >= 0.3 is 6.09 Å². The molecular weight excluding hydrogens is 304 g/mol. The van der Waals surface area contributed by atoms with E-state index in [9.17, 15) is 9.59 Å². The maximum absolute atomic E-state index is 12.3. The Morgan fingerprint density at radius 1 is 1.00 bits per heavy atom. The van der Waals surface area contributed by atoms with E-state index in [4.69, 9.17) is 4.74 Å². The predicted octanol–water partition coefficient (Wildman–Crippen LogP) is 3.09.